The highest BCUT2D eigenvalue weighted by molar-refractivity contribution is 14.1. The van der Waals surface area contributed by atoms with Crippen LogP contribution in [0.25, 0.3) is 0 Å². The van der Waals surface area contributed by atoms with Gasteiger partial charge in [-0.25, -0.2) is 0 Å². The van der Waals surface area contributed by atoms with Crippen LogP contribution >= 0.6 is 22.6 Å². The molecule has 2 amide bonds. The van der Waals surface area contributed by atoms with Crippen molar-refractivity contribution in [3.05, 3.63) is 45.8 Å². The molecule has 0 fully saturated rings. The van der Waals surface area contributed by atoms with Gasteiger partial charge in [0.2, 0.25) is 5.91 Å². The lowest BCUT2D eigenvalue weighted by atomic mass is 10.2. The molecule has 0 radical (unpaired) electrons. The minimum atomic E-state index is -0.206. The molecule has 0 aliphatic rings. The van der Waals surface area contributed by atoms with Gasteiger partial charge in [0.05, 0.1) is 11.9 Å². The Hall–Kier alpha value is -1.90. The molecule has 0 spiro atoms. The highest BCUT2D eigenvalue weighted by Gasteiger charge is 2.08. The Morgan fingerprint density at radius 3 is 2.90 bits per heavy atom. The molecule has 0 atom stereocenters. The first-order chi connectivity index (χ1) is 9.58. The normalized spacial score (nSPS) is 10.1. The number of hydrogen-bond acceptors (Lipinski definition) is 3. The molecule has 0 saturated heterocycles. The molecule has 0 unspecified atom stereocenters. The van der Waals surface area contributed by atoms with Gasteiger partial charge in [0, 0.05) is 22.4 Å². The van der Waals surface area contributed by atoms with Crippen LogP contribution in [0.1, 0.15) is 10.4 Å². The fraction of sp³-hybridized carbons (Fsp3) is 0.154. The summed E-state index contributed by atoms with van der Waals surface area (Å²) in [7, 11) is 1.56. The van der Waals surface area contributed by atoms with Gasteiger partial charge < -0.3 is 10.6 Å². The van der Waals surface area contributed by atoms with Crippen molar-refractivity contribution >= 4 is 40.1 Å². The monoisotopic (exact) mass is 384 g/mol. The summed E-state index contributed by atoms with van der Waals surface area (Å²) < 4.78 is 2.45. The molecule has 1 aromatic carbocycles. The lowest BCUT2D eigenvalue weighted by Gasteiger charge is -2.03. The molecular weight excluding hydrogens is 371 g/mol. The van der Waals surface area contributed by atoms with Gasteiger partial charge in [-0.05, 0) is 40.8 Å². The van der Waals surface area contributed by atoms with E-state index in [1.165, 1.54) is 10.9 Å². The summed E-state index contributed by atoms with van der Waals surface area (Å²) in [5.74, 6) is -0.355. The third-order valence-corrected chi connectivity index (χ3v) is 3.23. The number of anilines is 1. The summed E-state index contributed by atoms with van der Waals surface area (Å²) in [6.07, 6.45) is 3.12. The summed E-state index contributed by atoms with van der Waals surface area (Å²) in [6, 6.07) is 7.28. The van der Waals surface area contributed by atoms with Gasteiger partial charge in [0.1, 0.15) is 6.54 Å². The third kappa shape index (κ3) is 3.80. The van der Waals surface area contributed by atoms with Crippen molar-refractivity contribution in [2.75, 3.05) is 12.4 Å². The van der Waals surface area contributed by atoms with E-state index in [4.69, 9.17) is 0 Å². The summed E-state index contributed by atoms with van der Waals surface area (Å²) >= 11 is 2.15. The molecule has 2 rings (SSSR count). The van der Waals surface area contributed by atoms with Crippen molar-refractivity contribution in [1.82, 2.24) is 15.1 Å². The van der Waals surface area contributed by atoms with Gasteiger partial charge in [0.15, 0.2) is 0 Å². The number of likely N-dealkylation sites (N-methyl/N-ethyl adjacent to an activating group) is 1. The average Bonchev–Trinajstić information content (AvgIpc) is 2.85. The van der Waals surface area contributed by atoms with Gasteiger partial charge in [-0.2, -0.15) is 5.10 Å². The zero-order chi connectivity index (χ0) is 14.5. The van der Waals surface area contributed by atoms with Crippen molar-refractivity contribution in [2.45, 2.75) is 6.54 Å². The molecule has 0 bridgehead atoms. The van der Waals surface area contributed by atoms with Crippen molar-refractivity contribution in [3.8, 4) is 0 Å². The second-order valence-electron chi connectivity index (χ2n) is 4.06. The van der Waals surface area contributed by atoms with Gasteiger partial charge in [-0.3, -0.25) is 14.3 Å². The third-order valence-electron chi connectivity index (χ3n) is 2.56. The van der Waals surface area contributed by atoms with Gasteiger partial charge in [-0.15, -0.1) is 0 Å². The Morgan fingerprint density at radius 1 is 1.40 bits per heavy atom. The predicted octanol–water partition coefficient (Wildman–Crippen LogP) is 1.49. The first-order valence-electron chi connectivity index (χ1n) is 5.88. The van der Waals surface area contributed by atoms with Crippen LogP contribution in [0.3, 0.4) is 0 Å². The number of carbonyl (C=O) groups is 2. The smallest absolute Gasteiger partial charge is 0.255 e. The van der Waals surface area contributed by atoms with Crippen LogP contribution in [-0.4, -0.2) is 28.6 Å². The van der Waals surface area contributed by atoms with Crippen LogP contribution in [0.4, 0.5) is 5.69 Å². The quantitative estimate of drug-likeness (QED) is 0.785. The minimum absolute atomic E-state index is 0.121. The van der Waals surface area contributed by atoms with Crippen LogP contribution in [0, 0.1) is 3.57 Å². The van der Waals surface area contributed by atoms with E-state index in [9.17, 15) is 9.59 Å². The maximum absolute atomic E-state index is 12.0. The van der Waals surface area contributed by atoms with Gasteiger partial charge in [0.25, 0.3) is 5.91 Å². The Bertz CT molecular complexity index is 639. The van der Waals surface area contributed by atoms with Crippen LogP contribution in [-0.2, 0) is 11.3 Å². The average molecular weight is 384 g/mol. The number of nitrogens with zero attached hydrogens (tertiary/aromatic N) is 2. The lowest BCUT2D eigenvalue weighted by molar-refractivity contribution is -0.121. The SMILES string of the molecule is CNC(=O)Cn1cc(NC(=O)c2cccc(I)c2)cn1. The first-order valence-corrected chi connectivity index (χ1v) is 6.96. The Kier molecular flexibility index (Phi) is 4.72. The van der Waals surface area contributed by atoms with E-state index in [1.807, 2.05) is 12.1 Å². The molecule has 7 heteroatoms. The molecule has 1 heterocycles. The number of hydrogen-bond donors (Lipinski definition) is 2. The lowest BCUT2D eigenvalue weighted by Crippen LogP contribution is -2.23. The van der Waals surface area contributed by atoms with Crippen molar-refractivity contribution in [2.24, 2.45) is 0 Å². The van der Waals surface area contributed by atoms with E-state index in [0.29, 0.717) is 11.3 Å². The summed E-state index contributed by atoms with van der Waals surface area (Å²) in [5.41, 5.74) is 1.13. The predicted molar refractivity (Wildman–Crippen MR) is 83.4 cm³/mol. The van der Waals surface area contributed by atoms with E-state index in [1.54, 1.807) is 25.4 Å². The second kappa shape index (κ2) is 6.51. The molecule has 0 aliphatic heterocycles. The molecule has 0 saturated carbocycles. The number of nitrogens with one attached hydrogen (secondary N) is 2. The van der Waals surface area contributed by atoms with E-state index in [0.717, 1.165) is 3.57 Å². The summed E-state index contributed by atoms with van der Waals surface area (Å²) in [6.45, 7) is 0.121. The molecule has 2 aromatic rings. The fourth-order valence-corrected chi connectivity index (χ4v) is 2.12. The summed E-state index contributed by atoms with van der Waals surface area (Å²) in [5, 5.41) is 9.26. The maximum atomic E-state index is 12.0. The standard InChI is InChI=1S/C13H13IN4O2/c1-15-12(19)8-18-7-11(6-16-18)17-13(20)9-3-2-4-10(14)5-9/h2-7H,8H2,1H3,(H,15,19)(H,17,20). The number of carbonyl (C=O) groups excluding carboxylic acids is 2. The zero-order valence-electron chi connectivity index (χ0n) is 10.8. The number of halogens is 1. The van der Waals surface area contributed by atoms with Crippen molar-refractivity contribution < 1.29 is 9.59 Å². The summed E-state index contributed by atoms with van der Waals surface area (Å²) in [4.78, 5) is 23.2. The number of rotatable bonds is 4. The number of benzene rings is 1. The minimum Gasteiger partial charge on any atom is -0.358 e. The number of aromatic nitrogens is 2. The van der Waals surface area contributed by atoms with E-state index >= 15 is 0 Å². The van der Waals surface area contributed by atoms with Crippen LogP contribution in [0.5, 0.6) is 0 Å². The highest BCUT2D eigenvalue weighted by atomic mass is 127. The first kappa shape index (κ1) is 14.5. The maximum Gasteiger partial charge on any atom is 0.255 e. The van der Waals surface area contributed by atoms with Crippen LogP contribution < -0.4 is 10.6 Å². The van der Waals surface area contributed by atoms with E-state index in [-0.39, 0.29) is 18.4 Å². The molecule has 6 nitrogen and oxygen atoms in total. The largest absolute Gasteiger partial charge is 0.358 e. The van der Waals surface area contributed by atoms with E-state index in [2.05, 4.69) is 38.3 Å². The Labute approximate surface area is 129 Å². The van der Waals surface area contributed by atoms with Gasteiger partial charge in [-0.1, -0.05) is 6.07 Å². The van der Waals surface area contributed by atoms with E-state index < -0.39 is 0 Å². The van der Waals surface area contributed by atoms with Crippen molar-refractivity contribution in [1.29, 1.82) is 0 Å². The van der Waals surface area contributed by atoms with Crippen LogP contribution in [0.15, 0.2) is 36.7 Å². The number of amides is 2. The molecule has 1 aromatic heterocycles. The fourth-order valence-electron chi connectivity index (χ4n) is 1.57. The zero-order valence-corrected chi connectivity index (χ0v) is 12.9. The highest BCUT2D eigenvalue weighted by Crippen LogP contribution is 2.11. The van der Waals surface area contributed by atoms with Crippen LogP contribution in [0.2, 0.25) is 0 Å². The molecule has 104 valence electrons. The Morgan fingerprint density at radius 2 is 2.20 bits per heavy atom. The Balaban J connectivity index is 2.03. The molecule has 0 aliphatic carbocycles. The molecule has 20 heavy (non-hydrogen) atoms. The molecular formula is C13H13IN4O2. The molecule has 2 N–H and O–H groups in total. The topological polar surface area (TPSA) is 76.0 Å². The van der Waals surface area contributed by atoms with Crippen molar-refractivity contribution in [3.63, 3.8) is 0 Å². The van der Waals surface area contributed by atoms with Gasteiger partial charge >= 0.3 is 0 Å². The second-order valence-corrected chi connectivity index (χ2v) is 5.31.